The van der Waals surface area contributed by atoms with E-state index in [1.54, 1.807) is 6.08 Å². The molecule has 322 valence electrons. The Bertz CT molecular complexity index is 1290. The van der Waals surface area contributed by atoms with E-state index >= 15 is 0 Å². The molecule has 21 atom stereocenters. The van der Waals surface area contributed by atoms with Crippen LogP contribution in [0.1, 0.15) is 51.4 Å². The number of carbonyl (C=O) groups is 1. The smallest absolute Gasteiger partial charge is 0.330 e. The van der Waals surface area contributed by atoms with Gasteiger partial charge in [-0.25, -0.2) is 4.79 Å². The van der Waals surface area contributed by atoms with E-state index in [2.05, 4.69) is 0 Å². The fraction of sp³-hybridized carbons (Fsp3) is 0.917. The number of aliphatic hydroxyl groups excluding tert-OH is 13. The molecule has 6 rings (SSSR count). The summed E-state index contributed by atoms with van der Waals surface area (Å²) in [6.07, 6.45) is -22.9. The first-order valence-corrected chi connectivity index (χ1v) is 19.5. The Hall–Kier alpha value is -1.51. The molecule has 3 saturated carbocycles. The monoisotopic (exact) mass is 810 g/mol. The Balaban J connectivity index is 1.18. The second-order valence-electron chi connectivity index (χ2n) is 16.3. The molecule has 0 aromatic rings. The summed E-state index contributed by atoms with van der Waals surface area (Å²) in [6.45, 7) is -1.27. The van der Waals surface area contributed by atoms with Crippen LogP contribution >= 0.6 is 0 Å². The second-order valence-corrected chi connectivity index (χ2v) is 16.3. The number of rotatable bonds is 10. The van der Waals surface area contributed by atoms with Crippen molar-refractivity contribution in [3.8, 4) is 0 Å². The Labute approximate surface area is 322 Å². The summed E-state index contributed by atoms with van der Waals surface area (Å²) in [6, 6.07) is 0. The molecule has 20 heteroatoms. The predicted octanol–water partition coefficient (Wildman–Crippen LogP) is -5.59. The summed E-state index contributed by atoms with van der Waals surface area (Å²) >= 11 is 0. The highest BCUT2D eigenvalue weighted by Gasteiger charge is 2.54. The van der Waals surface area contributed by atoms with Crippen molar-refractivity contribution >= 4 is 5.97 Å². The zero-order chi connectivity index (χ0) is 40.6. The van der Waals surface area contributed by atoms with Crippen molar-refractivity contribution in [2.75, 3.05) is 13.2 Å². The lowest BCUT2D eigenvalue weighted by Crippen LogP contribution is -2.63. The van der Waals surface area contributed by atoms with Crippen molar-refractivity contribution < 1.29 is 99.6 Å². The molecule has 56 heavy (non-hydrogen) atoms. The Morgan fingerprint density at radius 2 is 1.20 bits per heavy atom. The highest BCUT2D eigenvalue weighted by molar-refractivity contribution is 5.81. The molecule has 21 unspecified atom stereocenters. The van der Waals surface area contributed by atoms with E-state index in [1.807, 2.05) is 0 Å². The minimum absolute atomic E-state index is 0.00259. The molecule has 0 radical (unpaired) electrons. The van der Waals surface area contributed by atoms with Crippen LogP contribution < -0.4 is 0 Å². The third-order valence-electron chi connectivity index (χ3n) is 12.4. The molecule has 3 saturated heterocycles. The maximum Gasteiger partial charge on any atom is 0.330 e. The summed E-state index contributed by atoms with van der Waals surface area (Å²) in [5.74, 6) is -2.27. The summed E-state index contributed by atoms with van der Waals surface area (Å²) in [5, 5.41) is 136. The average molecular weight is 811 g/mol. The van der Waals surface area contributed by atoms with Crippen LogP contribution in [0.5, 0.6) is 0 Å². The zero-order valence-electron chi connectivity index (χ0n) is 30.7. The maximum atomic E-state index is 12.6. The number of ether oxygens (including phenoxy) is 6. The van der Waals surface area contributed by atoms with Gasteiger partial charge >= 0.3 is 5.97 Å². The van der Waals surface area contributed by atoms with Crippen LogP contribution in [0.2, 0.25) is 0 Å². The number of carbonyl (C=O) groups excluding carboxylic acids is 1. The lowest BCUT2D eigenvalue weighted by Gasteiger charge is -2.52. The van der Waals surface area contributed by atoms with Crippen molar-refractivity contribution in [1.29, 1.82) is 0 Å². The topological polar surface area (TPSA) is 335 Å². The van der Waals surface area contributed by atoms with E-state index in [1.165, 1.54) is 0 Å². The molecule has 3 aliphatic carbocycles. The van der Waals surface area contributed by atoms with Gasteiger partial charge < -0.3 is 94.8 Å². The van der Waals surface area contributed by atoms with Crippen LogP contribution in [0.3, 0.4) is 0 Å². The Morgan fingerprint density at radius 1 is 0.589 bits per heavy atom. The molecule has 3 aliphatic heterocycles. The van der Waals surface area contributed by atoms with Gasteiger partial charge in [-0.2, -0.15) is 0 Å². The first-order chi connectivity index (χ1) is 26.6. The minimum Gasteiger partial charge on any atom is -0.460 e. The SMILES string of the molecule is O=C(C=CC1CCC(O)C(O)C1)OCC1OC(OC2CC3C(OC4OC(CO)C(O)C(O)C4O)CC(O)CC3OC2C2CC(O)C(O)C(O)C2)C(O)C(O)C1O. The van der Waals surface area contributed by atoms with Gasteiger partial charge in [-0.15, -0.1) is 0 Å². The van der Waals surface area contributed by atoms with E-state index in [0.717, 1.165) is 6.08 Å². The summed E-state index contributed by atoms with van der Waals surface area (Å²) in [4.78, 5) is 12.6. The van der Waals surface area contributed by atoms with Gasteiger partial charge in [0.1, 0.15) is 61.5 Å². The lowest BCUT2D eigenvalue weighted by molar-refractivity contribution is -0.345. The van der Waals surface area contributed by atoms with E-state index in [0.29, 0.717) is 12.8 Å². The van der Waals surface area contributed by atoms with Gasteiger partial charge in [-0.1, -0.05) is 6.08 Å². The van der Waals surface area contributed by atoms with Crippen LogP contribution in [0, 0.1) is 17.8 Å². The van der Waals surface area contributed by atoms with Gasteiger partial charge in [0.2, 0.25) is 0 Å². The molecule has 0 amide bonds. The summed E-state index contributed by atoms with van der Waals surface area (Å²) in [5.41, 5.74) is 0. The molecule has 3 heterocycles. The molecule has 0 spiro atoms. The van der Waals surface area contributed by atoms with Gasteiger partial charge in [0.25, 0.3) is 0 Å². The molecular formula is C36H58O20. The number of esters is 1. The summed E-state index contributed by atoms with van der Waals surface area (Å²) < 4.78 is 35.7. The Kier molecular flexibility index (Phi) is 14.8. The largest absolute Gasteiger partial charge is 0.460 e. The predicted molar refractivity (Wildman–Crippen MR) is 182 cm³/mol. The molecular weight excluding hydrogens is 752 g/mol. The molecule has 13 N–H and O–H groups in total. The van der Waals surface area contributed by atoms with E-state index < -0.39 is 153 Å². The van der Waals surface area contributed by atoms with Crippen LogP contribution in [0.15, 0.2) is 12.2 Å². The Morgan fingerprint density at radius 3 is 1.82 bits per heavy atom. The van der Waals surface area contributed by atoms with Crippen molar-refractivity contribution in [2.24, 2.45) is 17.8 Å². The fourth-order valence-corrected chi connectivity index (χ4v) is 9.05. The van der Waals surface area contributed by atoms with Gasteiger partial charge in [0, 0.05) is 18.4 Å². The first kappa shape index (κ1) is 44.1. The van der Waals surface area contributed by atoms with Gasteiger partial charge in [-0.05, 0) is 56.8 Å². The number of fused-ring (bicyclic) bond motifs is 1. The van der Waals surface area contributed by atoms with Crippen LogP contribution in [-0.4, -0.2) is 208 Å². The molecule has 6 aliphatic rings. The van der Waals surface area contributed by atoms with Crippen molar-refractivity contribution in [1.82, 2.24) is 0 Å². The molecule has 0 aromatic carbocycles. The fourth-order valence-electron chi connectivity index (χ4n) is 9.05. The van der Waals surface area contributed by atoms with Crippen molar-refractivity contribution in [3.05, 3.63) is 12.2 Å². The number of hydrogen-bond donors (Lipinski definition) is 13. The molecule has 0 bridgehead atoms. The highest BCUT2D eigenvalue weighted by Crippen LogP contribution is 2.45. The first-order valence-electron chi connectivity index (χ1n) is 19.5. The lowest BCUT2D eigenvalue weighted by atomic mass is 9.72. The van der Waals surface area contributed by atoms with E-state index in [-0.39, 0.29) is 44.4 Å². The molecule has 6 fully saturated rings. The summed E-state index contributed by atoms with van der Waals surface area (Å²) in [7, 11) is 0. The third kappa shape index (κ3) is 9.75. The van der Waals surface area contributed by atoms with Crippen LogP contribution in [-0.2, 0) is 33.2 Å². The second kappa shape index (κ2) is 18.8. The highest BCUT2D eigenvalue weighted by atomic mass is 16.7. The standard InChI is InChI=1S/C36H58O20/c37-11-24-28(45)30(47)32(49)35(55-24)53-22-9-15(38)8-21-16(22)10-23(34(52-21)14-6-19(41)27(44)20(42)7-14)54-36-33(50)31(48)29(46)25(56-36)12-51-26(43)4-2-13-1-3-17(39)18(40)5-13/h2,4,13-25,27-42,44-50H,1,3,5-12H2. The number of allylic oxidation sites excluding steroid dienone is 1. The van der Waals surface area contributed by atoms with Gasteiger partial charge in [-0.3, -0.25) is 0 Å². The van der Waals surface area contributed by atoms with Gasteiger partial charge in [0.15, 0.2) is 12.6 Å². The maximum absolute atomic E-state index is 12.6. The average Bonchev–Trinajstić information content (AvgIpc) is 3.16. The van der Waals surface area contributed by atoms with Crippen LogP contribution in [0.4, 0.5) is 0 Å². The van der Waals surface area contributed by atoms with E-state index in [4.69, 9.17) is 28.4 Å². The van der Waals surface area contributed by atoms with Crippen molar-refractivity contribution in [2.45, 2.75) is 174 Å². The van der Waals surface area contributed by atoms with E-state index in [9.17, 15) is 71.2 Å². The number of hydrogen-bond acceptors (Lipinski definition) is 20. The molecule has 0 aromatic heterocycles. The van der Waals surface area contributed by atoms with Crippen LogP contribution in [0.25, 0.3) is 0 Å². The zero-order valence-corrected chi connectivity index (χ0v) is 30.7. The van der Waals surface area contributed by atoms with Gasteiger partial charge in [0.05, 0.1) is 61.5 Å². The quantitative estimate of drug-likeness (QED) is 0.0723. The minimum atomic E-state index is -1.83. The molecule has 20 nitrogen and oxygen atoms in total. The van der Waals surface area contributed by atoms with Crippen molar-refractivity contribution in [3.63, 3.8) is 0 Å². The number of aliphatic hydroxyl groups is 13. The normalized spacial score (nSPS) is 51.7. The third-order valence-corrected chi connectivity index (χ3v) is 12.4.